The van der Waals surface area contributed by atoms with Gasteiger partial charge in [-0.2, -0.15) is 4.31 Å². The molecule has 0 spiro atoms. The van der Waals surface area contributed by atoms with E-state index in [4.69, 9.17) is 0 Å². The van der Waals surface area contributed by atoms with E-state index in [-0.39, 0.29) is 22.8 Å². The number of aromatic amines is 1. The molecule has 2 heterocycles. The van der Waals surface area contributed by atoms with Gasteiger partial charge >= 0.3 is 0 Å². The Balaban J connectivity index is 1.69. The predicted molar refractivity (Wildman–Crippen MR) is 120 cm³/mol. The molecule has 0 amide bonds. The number of hydrogen-bond acceptors (Lipinski definition) is 5. The summed E-state index contributed by atoms with van der Waals surface area (Å²) in [5.41, 5.74) is 3.66. The summed E-state index contributed by atoms with van der Waals surface area (Å²) in [6, 6.07) is 10.6. The molecule has 0 unspecified atom stereocenters. The number of rotatable bonds is 5. The second-order valence-electron chi connectivity index (χ2n) is 7.38. The lowest BCUT2D eigenvalue weighted by molar-refractivity contribution is 0.456. The lowest BCUT2D eigenvalue weighted by Gasteiger charge is -2.16. The molecule has 1 N–H and O–H groups in total. The summed E-state index contributed by atoms with van der Waals surface area (Å²) >= 11 is 1.34. The fourth-order valence-corrected chi connectivity index (χ4v) is 5.55. The van der Waals surface area contributed by atoms with Crippen LogP contribution in [0, 0.1) is 19.7 Å². The van der Waals surface area contributed by atoms with E-state index in [1.54, 1.807) is 0 Å². The maximum atomic E-state index is 13.1. The topological polar surface area (TPSA) is 83.1 Å². The molecule has 0 aliphatic carbocycles. The smallest absolute Gasteiger partial charge is 0.260 e. The van der Waals surface area contributed by atoms with Crippen LogP contribution in [0.5, 0.6) is 0 Å². The van der Waals surface area contributed by atoms with Gasteiger partial charge in [0.2, 0.25) is 10.0 Å². The Morgan fingerprint density at radius 3 is 2.48 bits per heavy atom. The molecule has 0 fully saturated rings. The SMILES string of the molecule is Cc1ccc(-c2csc3nc(CN(C)S(=O)(=O)c4ccc(F)cc4)[nH]c(=O)c23)c(C)c1. The zero-order valence-electron chi connectivity index (χ0n) is 17.1. The van der Waals surface area contributed by atoms with E-state index in [1.807, 2.05) is 31.4 Å². The first-order valence-corrected chi connectivity index (χ1v) is 11.8. The van der Waals surface area contributed by atoms with Gasteiger partial charge in [-0.1, -0.05) is 23.8 Å². The zero-order valence-corrected chi connectivity index (χ0v) is 18.8. The number of nitrogens with zero attached hydrogens (tertiary/aromatic N) is 2. The number of aromatic nitrogens is 2. The Hall–Kier alpha value is -2.88. The van der Waals surface area contributed by atoms with Gasteiger partial charge in [0.1, 0.15) is 16.5 Å². The van der Waals surface area contributed by atoms with Crippen LogP contribution in [-0.4, -0.2) is 29.7 Å². The van der Waals surface area contributed by atoms with Crippen LogP contribution in [0.1, 0.15) is 17.0 Å². The summed E-state index contributed by atoms with van der Waals surface area (Å²) in [5, 5.41) is 2.39. The van der Waals surface area contributed by atoms with Gasteiger partial charge in [0, 0.05) is 18.0 Å². The van der Waals surface area contributed by atoms with Crippen LogP contribution >= 0.6 is 11.3 Å². The van der Waals surface area contributed by atoms with Gasteiger partial charge in [0.05, 0.1) is 16.8 Å². The Labute approximate surface area is 183 Å². The van der Waals surface area contributed by atoms with Crippen molar-refractivity contribution in [2.45, 2.75) is 25.3 Å². The van der Waals surface area contributed by atoms with Crippen molar-refractivity contribution in [3.63, 3.8) is 0 Å². The number of H-pyrrole nitrogens is 1. The van der Waals surface area contributed by atoms with Crippen LogP contribution < -0.4 is 5.56 Å². The Bertz CT molecular complexity index is 1440. The van der Waals surface area contributed by atoms with Crippen molar-refractivity contribution >= 4 is 31.6 Å². The highest BCUT2D eigenvalue weighted by atomic mass is 32.2. The molecule has 160 valence electrons. The lowest BCUT2D eigenvalue weighted by Crippen LogP contribution is -2.28. The van der Waals surface area contributed by atoms with Crippen molar-refractivity contribution in [2.75, 3.05) is 7.05 Å². The monoisotopic (exact) mass is 457 g/mol. The van der Waals surface area contributed by atoms with Crippen LogP contribution in [-0.2, 0) is 16.6 Å². The third kappa shape index (κ3) is 4.04. The van der Waals surface area contributed by atoms with Crippen molar-refractivity contribution in [1.29, 1.82) is 0 Å². The summed E-state index contributed by atoms with van der Waals surface area (Å²) < 4.78 is 39.7. The molecule has 9 heteroatoms. The molecule has 2 aromatic carbocycles. The zero-order chi connectivity index (χ0) is 22.3. The molecule has 4 rings (SSSR count). The number of thiophene rings is 1. The maximum Gasteiger partial charge on any atom is 0.260 e. The van der Waals surface area contributed by atoms with Crippen LogP contribution in [0.2, 0.25) is 0 Å². The Kier molecular flexibility index (Phi) is 5.50. The van der Waals surface area contributed by atoms with Gasteiger partial charge in [-0.05, 0) is 49.2 Å². The van der Waals surface area contributed by atoms with Crippen molar-refractivity contribution in [2.24, 2.45) is 0 Å². The van der Waals surface area contributed by atoms with Crippen LogP contribution in [0.3, 0.4) is 0 Å². The standard InChI is InChI=1S/C22H20FN3O3S2/c1-13-4-9-17(14(2)10-13)18-12-30-22-20(18)21(27)24-19(25-22)11-26(3)31(28,29)16-7-5-15(23)6-8-16/h4-10,12H,11H2,1-3H3,(H,24,25,27). The third-order valence-electron chi connectivity index (χ3n) is 5.06. The molecule has 0 saturated heterocycles. The number of hydrogen-bond donors (Lipinski definition) is 1. The maximum absolute atomic E-state index is 13.1. The highest BCUT2D eigenvalue weighted by Crippen LogP contribution is 2.33. The minimum atomic E-state index is -3.86. The van der Waals surface area contributed by atoms with Crippen molar-refractivity contribution < 1.29 is 12.8 Å². The van der Waals surface area contributed by atoms with Crippen molar-refractivity contribution in [3.8, 4) is 11.1 Å². The molecule has 0 atom stereocenters. The molecule has 0 aliphatic rings. The minimum absolute atomic E-state index is 0.0342. The molecule has 0 bridgehead atoms. The summed E-state index contributed by atoms with van der Waals surface area (Å²) in [7, 11) is -2.47. The average Bonchev–Trinajstić information content (AvgIpc) is 3.12. The number of aryl methyl sites for hydroxylation is 2. The first-order chi connectivity index (χ1) is 14.7. The van der Waals surface area contributed by atoms with Gasteiger partial charge < -0.3 is 4.98 Å². The molecule has 31 heavy (non-hydrogen) atoms. The quantitative estimate of drug-likeness (QED) is 0.486. The predicted octanol–water partition coefficient (Wildman–Crippen LogP) is 4.23. The number of sulfonamides is 1. The Morgan fingerprint density at radius 1 is 1.10 bits per heavy atom. The summed E-state index contributed by atoms with van der Waals surface area (Å²) in [6.07, 6.45) is 0. The summed E-state index contributed by atoms with van der Waals surface area (Å²) in [6.45, 7) is 3.89. The highest BCUT2D eigenvalue weighted by molar-refractivity contribution is 7.89. The lowest BCUT2D eigenvalue weighted by atomic mass is 9.99. The molecular weight excluding hydrogens is 437 g/mol. The largest absolute Gasteiger partial charge is 0.309 e. The van der Waals surface area contributed by atoms with Crippen LogP contribution in [0.15, 0.2) is 57.5 Å². The molecule has 0 radical (unpaired) electrons. The third-order valence-corrected chi connectivity index (χ3v) is 7.75. The summed E-state index contributed by atoms with van der Waals surface area (Å²) in [5.74, 6) is -0.282. The second-order valence-corrected chi connectivity index (χ2v) is 10.3. The van der Waals surface area contributed by atoms with E-state index in [0.29, 0.717) is 10.2 Å². The van der Waals surface area contributed by atoms with Gasteiger partial charge in [-0.3, -0.25) is 4.79 Å². The number of benzene rings is 2. The molecule has 0 saturated carbocycles. The first kappa shape index (κ1) is 21.4. The van der Waals surface area contributed by atoms with E-state index in [0.717, 1.165) is 38.7 Å². The molecule has 0 aliphatic heterocycles. The fraction of sp³-hybridized carbons (Fsp3) is 0.182. The number of nitrogens with one attached hydrogen (secondary N) is 1. The highest BCUT2D eigenvalue weighted by Gasteiger charge is 2.23. The normalized spacial score (nSPS) is 12.0. The molecule has 2 aromatic heterocycles. The van der Waals surface area contributed by atoms with E-state index in [2.05, 4.69) is 16.0 Å². The minimum Gasteiger partial charge on any atom is -0.309 e. The fourth-order valence-electron chi connectivity index (χ4n) is 3.46. The Morgan fingerprint density at radius 2 is 1.81 bits per heavy atom. The second kappa shape index (κ2) is 7.99. The van der Waals surface area contributed by atoms with Crippen LogP contribution in [0.25, 0.3) is 21.3 Å². The van der Waals surface area contributed by atoms with E-state index < -0.39 is 15.8 Å². The molecular formula is C22H20FN3O3S2. The van der Waals surface area contributed by atoms with Gasteiger partial charge in [0.15, 0.2) is 0 Å². The van der Waals surface area contributed by atoms with Gasteiger partial charge in [-0.25, -0.2) is 17.8 Å². The average molecular weight is 458 g/mol. The van der Waals surface area contributed by atoms with Crippen molar-refractivity contribution in [1.82, 2.24) is 14.3 Å². The van der Waals surface area contributed by atoms with Crippen LogP contribution in [0.4, 0.5) is 4.39 Å². The molecule has 6 nitrogen and oxygen atoms in total. The molecule has 4 aromatic rings. The first-order valence-electron chi connectivity index (χ1n) is 9.47. The number of fused-ring (bicyclic) bond motifs is 1. The van der Waals surface area contributed by atoms with Gasteiger partial charge in [0.25, 0.3) is 5.56 Å². The van der Waals surface area contributed by atoms with E-state index in [9.17, 15) is 17.6 Å². The van der Waals surface area contributed by atoms with E-state index in [1.165, 1.54) is 30.5 Å². The van der Waals surface area contributed by atoms with Crippen molar-refractivity contribution in [3.05, 3.63) is 81.0 Å². The number of halogens is 1. The van der Waals surface area contributed by atoms with E-state index >= 15 is 0 Å². The van der Waals surface area contributed by atoms with Gasteiger partial charge in [-0.15, -0.1) is 11.3 Å². The summed E-state index contributed by atoms with van der Waals surface area (Å²) in [4.78, 5) is 20.6.